The van der Waals surface area contributed by atoms with Crippen LogP contribution in [0.3, 0.4) is 0 Å². The van der Waals surface area contributed by atoms with Gasteiger partial charge in [-0.15, -0.1) is 16.4 Å². The molecule has 2 heterocycles. The number of anilines is 1. The van der Waals surface area contributed by atoms with Gasteiger partial charge in [0.25, 0.3) is 5.56 Å². The van der Waals surface area contributed by atoms with Crippen LogP contribution in [0.4, 0.5) is 5.69 Å². The molecule has 1 aromatic carbocycles. The smallest absolute Gasteiger partial charge is 0.338 e. The van der Waals surface area contributed by atoms with Crippen LogP contribution in [0.15, 0.2) is 29.1 Å². The molecule has 0 unspecified atom stereocenters. The summed E-state index contributed by atoms with van der Waals surface area (Å²) in [6.45, 7) is 1.74. The van der Waals surface area contributed by atoms with Gasteiger partial charge in [0.05, 0.1) is 17.6 Å². The van der Waals surface area contributed by atoms with Crippen LogP contribution in [-0.4, -0.2) is 33.5 Å². The number of carbonyl (C=O) groups is 2. The van der Waals surface area contributed by atoms with E-state index in [1.165, 1.54) is 22.3 Å². The van der Waals surface area contributed by atoms with Crippen molar-refractivity contribution in [3.8, 4) is 0 Å². The van der Waals surface area contributed by atoms with Crippen LogP contribution in [-0.2, 0) is 28.9 Å². The topological polar surface area (TPSA) is 103 Å². The molecule has 0 fully saturated rings. The van der Waals surface area contributed by atoms with Crippen molar-refractivity contribution in [3.63, 3.8) is 0 Å². The molecule has 0 aliphatic heterocycles. The molecule has 0 spiro atoms. The highest BCUT2D eigenvalue weighted by Gasteiger charge is 2.21. The Morgan fingerprint density at radius 3 is 2.93 bits per heavy atom. The number of rotatable bonds is 5. The maximum atomic E-state index is 12.9. The van der Waals surface area contributed by atoms with Crippen molar-refractivity contribution in [1.29, 1.82) is 0 Å². The maximum absolute atomic E-state index is 12.9. The monoisotopic (exact) mass is 412 g/mol. The van der Waals surface area contributed by atoms with Gasteiger partial charge in [-0.3, -0.25) is 9.59 Å². The van der Waals surface area contributed by atoms with Crippen molar-refractivity contribution in [3.05, 3.63) is 50.6 Å². The molecule has 1 aliphatic carbocycles. The molecule has 3 aromatic rings. The Balaban J connectivity index is 1.54. The van der Waals surface area contributed by atoms with Crippen molar-refractivity contribution in [2.24, 2.45) is 0 Å². The number of aryl methyl sites for hydroxylation is 2. The number of benzene rings is 1. The molecule has 1 aliphatic rings. The van der Waals surface area contributed by atoms with Crippen LogP contribution in [0.2, 0.25) is 0 Å². The van der Waals surface area contributed by atoms with Crippen molar-refractivity contribution >= 4 is 39.1 Å². The fourth-order valence-corrected chi connectivity index (χ4v) is 4.68. The highest BCUT2D eigenvalue weighted by molar-refractivity contribution is 7.18. The summed E-state index contributed by atoms with van der Waals surface area (Å²) in [5.41, 5.74) is 1.56. The molecular formula is C20H20N4O4S. The molecule has 8 nitrogen and oxygen atoms in total. The summed E-state index contributed by atoms with van der Waals surface area (Å²) in [6.07, 6.45) is 4.00. The first kappa shape index (κ1) is 19.3. The lowest BCUT2D eigenvalue weighted by molar-refractivity contribution is -0.117. The molecule has 0 saturated carbocycles. The highest BCUT2D eigenvalue weighted by Crippen LogP contribution is 2.33. The molecule has 2 aromatic heterocycles. The number of ether oxygens (including phenoxy) is 1. The minimum absolute atomic E-state index is 0.254. The summed E-state index contributed by atoms with van der Waals surface area (Å²) >= 11 is 1.52. The van der Waals surface area contributed by atoms with Crippen LogP contribution in [0.25, 0.3) is 10.2 Å². The molecule has 0 radical (unpaired) electrons. The van der Waals surface area contributed by atoms with E-state index in [0.29, 0.717) is 21.5 Å². The fourth-order valence-electron chi connectivity index (χ4n) is 3.49. The average Bonchev–Trinajstić information content (AvgIpc) is 3.10. The van der Waals surface area contributed by atoms with E-state index in [1.807, 2.05) is 0 Å². The summed E-state index contributed by atoms with van der Waals surface area (Å²) < 4.78 is 6.06. The number of esters is 1. The van der Waals surface area contributed by atoms with Gasteiger partial charge >= 0.3 is 5.97 Å². The van der Waals surface area contributed by atoms with Crippen LogP contribution >= 0.6 is 11.3 Å². The van der Waals surface area contributed by atoms with E-state index < -0.39 is 11.9 Å². The van der Waals surface area contributed by atoms with E-state index in [1.54, 1.807) is 25.1 Å². The number of carbonyl (C=O) groups excluding carboxylic acids is 2. The molecule has 1 N–H and O–H groups in total. The first-order chi connectivity index (χ1) is 14.1. The third-order valence-corrected chi connectivity index (χ3v) is 5.97. The van der Waals surface area contributed by atoms with Gasteiger partial charge in [0, 0.05) is 10.6 Å². The summed E-state index contributed by atoms with van der Waals surface area (Å²) in [6, 6.07) is 6.45. The lowest BCUT2D eigenvalue weighted by atomic mass is 9.97. The number of hydrogen-bond donors (Lipinski definition) is 1. The van der Waals surface area contributed by atoms with Gasteiger partial charge in [0.1, 0.15) is 6.54 Å². The van der Waals surface area contributed by atoms with Gasteiger partial charge < -0.3 is 10.1 Å². The van der Waals surface area contributed by atoms with E-state index in [0.717, 1.165) is 35.9 Å². The van der Waals surface area contributed by atoms with E-state index >= 15 is 0 Å². The second-order valence-corrected chi connectivity index (χ2v) is 7.88. The lowest BCUT2D eigenvalue weighted by Crippen LogP contribution is -2.30. The highest BCUT2D eigenvalue weighted by atomic mass is 32.1. The Bertz CT molecular complexity index is 1150. The van der Waals surface area contributed by atoms with Gasteiger partial charge in [-0.2, -0.15) is 0 Å². The van der Waals surface area contributed by atoms with Gasteiger partial charge in [-0.1, -0.05) is 11.3 Å². The molecular weight excluding hydrogens is 392 g/mol. The van der Waals surface area contributed by atoms with Crippen LogP contribution in [0.1, 0.15) is 40.6 Å². The van der Waals surface area contributed by atoms with E-state index in [2.05, 4.69) is 15.6 Å². The van der Waals surface area contributed by atoms with Gasteiger partial charge in [0.2, 0.25) is 5.91 Å². The van der Waals surface area contributed by atoms with Crippen LogP contribution in [0, 0.1) is 0 Å². The number of aromatic nitrogens is 3. The molecule has 0 bridgehead atoms. The summed E-state index contributed by atoms with van der Waals surface area (Å²) in [4.78, 5) is 39.0. The first-order valence-electron chi connectivity index (χ1n) is 9.52. The number of amides is 1. The third kappa shape index (κ3) is 3.91. The predicted octanol–water partition coefficient (Wildman–Crippen LogP) is 2.55. The van der Waals surface area contributed by atoms with Crippen LogP contribution in [0.5, 0.6) is 0 Å². The SMILES string of the molecule is CCOC(=O)c1cccc(NC(=O)Cn2nnc3sc4c(c3c2=O)CCCC4)c1. The van der Waals surface area contributed by atoms with E-state index in [-0.39, 0.29) is 18.7 Å². The first-order valence-corrected chi connectivity index (χ1v) is 10.3. The normalized spacial score (nSPS) is 13.1. The number of fused-ring (bicyclic) bond motifs is 3. The number of thiophene rings is 1. The van der Waals surface area contributed by atoms with Crippen molar-refractivity contribution in [1.82, 2.24) is 15.0 Å². The van der Waals surface area contributed by atoms with E-state index in [4.69, 9.17) is 4.74 Å². The van der Waals surface area contributed by atoms with Crippen molar-refractivity contribution in [2.75, 3.05) is 11.9 Å². The molecule has 9 heteroatoms. The Hall–Kier alpha value is -3.07. The summed E-state index contributed by atoms with van der Waals surface area (Å²) in [7, 11) is 0. The Morgan fingerprint density at radius 2 is 2.10 bits per heavy atom. The zero-order valence-corrected chi connectivity index (χ0v) is 16.8. The lowest BCUT2D eigenvalue weighted by Gasteiger charge is -2.10. The number of nitrogens with zero attached hydrogens (tertiary/aromatic N) is 3. The molecule has 0 atom stereocenters. The fraction of sp³-hybridized carbons (Fsp3) is 0.350. The Labute approximate surface area is 170 Å². The predicted molar refractivity (Wildman–Crippen MR) is 109 cm³/mol. The standard InChI is InChI=1S/C20H20N4O4S/c1-2-28-20(27)12-6-5-7-13(10-12)21-16(25)11-24-19(26)17-14-8-3-4-9-15(14)29-18(17)22-23-24/h5-7,10H,2-4,8-9,11H2,1H3,(H,21,25). The molecule has 150 valence electrons. The number of hydrogen-bond acceptors (Lipinski definition) is 7. The molecule has 4 rings (SSSR count). The van der Waals surface area contributed by atoms with Crippen molar-refractivity contribution < 1.29 is 14.3 Å². The summed E-state index contributed by atoms with van der Waals surface area (Å²) in [5, 5.41) is 11.4. The second-order valence-electron chi connectivity index (χ2n) is 6.79. The maximum Gasteiger partial charge on any atom is 0.338 e. The van der Waals surface area contributed by atoms with Gasteiger partial charge in [-0.05, 0) is 56.4 Å². The Kier molecular flexibility index (Phi) is 5.39. The largest absolute Gasteiger partial charge is 0.462 e. The van der Waals surface area contributed by atoms with Crippen LogP contribution < -0.4 is 10.9 Å². The summed E-state index contributed by atoms with van der Waals surface area (Å²) in [5.74, 6) is -0.885. The molecule has 1 amide bonds. The zero-order valence-electron chi connectivity index (χ0n) is 15.9. The molecule has 29 heavy (non-hydrogen) atoms. The van der Waals surface area contributed by atoms with Gasteiger partial charge in [0.15, 0.2) is 4.83 Å². The third-order valence-electron chi connectivity index (χ3n) is 4.80. The minimum atomic E-state index is -0.460. The van der Waals surface area contributed by atoms with Crippen molar-refractivity contribution in [2.45, 2.75) is 39.2 Å². The second kappa shape index (κ2) is 8.12. The number of nitrogens with one attached hydrogen (secondary N) is 1. The van der Waals surface area contributed by atoms with Gasteiger partial charge in [-0.25, -0.2) is 9.48 Å². The average molecular weight is 412 g/mol. The quantitative estimate of drug-likeness (QED) is 0.646. The Morgan fingerprint density at radius 1 is 1.28 bits per heavy atom. The minimum Gasteiger partial charge on any atom is -0.462 e. The zero-order chi connectivity index (χ0) is 20.4. The van der Waals surface area contributed by atoms with E-state index in [9.17, 15) is 14.4 Å². The molecule has 0 saturated heterocycles.